The number of halogens is 1. The topological polar surface area (TPSA) is 73.6 Å². The second kappa shape index (κ2) is 6.50. The maximum absolute atomic E-state index is 11.2. The number of ether oxygens (including phenoxy) is 2. The van der Waals surface area contributed by atoms with Gasteiger partial charge in [-0.3, -0.25) is 4.68 Å². The van der Waals surface area contributed by atoms with Gasteiger partial charge in [0.2, 0.25) is 0 Å². The molecule has 0 saturated carbocycles. The van der Waals surface area contributed by atoms with E-state index in [1.165, 1.54) is 17.9 Å². The van der Waals surface area contributed by atoms with Crippen LogP contribution in [0.4, 0.5) is 0 Å². The van der Waals surface area contributed by atoms with E-state index in [9.17, 15) is 4.79 Å². The van der Waals surface area contributed by atoms with Gasteiger partial charge in [0, 0.05) is 18.2 Å². The Labute approximate surface area is 139 Å². The van der Waals surface area contributed by atoms with Gasteiger partial charge in [0.25, 0.3) is 0 Å². The Morgan fingerprint density at radius 1 is 1.26 bits per heavy atom. The first kappa shape index (κ1) is 17.1. The van der Waals surface area contributed by atoms with Crippen molar-refractivity contribution < 1.29 is 19.4 Å². The Balaban J connectivity index is 2.81. The van der Waals surface area contributed by atoms with E-state index in [4.69, 9.17) is 26.2 Å². The highest BCUT2D eigenvalue weighted by Gasteiger charge is 2.24. The molecule has 1 heterocycles. The van der Waals surface area contributed by atoms with E-state index in [2.05, 4.69) is 5.10 Å². The van der Waals surface area contributed by atoms with Crippen LogP contribution in [-0.2, 0) is 7.05 Å². The summed E-state index contributed by atoms with van der Waals surface area (Å²) in [6, 6.07) is 3.27. The molecule has 0 unspecified atom stereocenters. The molecular weight excluding hydrogens is 320 g/mol. The number of rotatable bonds is 5. The summed E-state index contributed by atoms with van der Waals surface area (Å²) in [6.45, 7) is 4.03. The number of aromatic carboxylic acids is 1. The monoisotopic (exact) mass is 338 g/mol. The molecule has 0 aliphatic rings. The van der Waals surface area contributed by atoms with Gasteiger partial charge in [0.1, 0.15) is 0 Å². The Morgan fingerprint density at radius 2 is 1.87 bits per heavy atom. The van der Waals surface area contributed by atoms with Crippen LogP contribution in [0.15, 0.2) is 12.1 Å². The summed E-state index contributed by atoms with van der Waals surface area (Å²) in [5.74, 6) is 0.0316. The zero-order chi connectivity index (χ0) is 17.3. The van der Waals surface area contributed by atoms with Crippen molar-refractivity contribution in [3.63, 3.8) is 0 Å². The average Bonchev–Trinajstić information content (AvgIpc) is 2.87. The number of hydrogen-bond acceptors (Lipinski definition) is 4. The van der Waals surface area contributed by atoms with Crippen LogP contribution in [0.1, 0.15) is 35.8 Å². The smallest absolute Gasteiger partial charge is 0.356 e. The molecule has 0 amide bonds. The number of nitrogens with zero attached hydrogens (tertiary/aromatic N) is 2. The number of benzene rings is 1. The number of carboxylic acid groups (broad SMARTS) is 1. The van der Waals surface area contributed by atoms with Crippen LogP contribution in [0.2, 0.25) is 5.02 Å². The molecule has 1 aromatic carbocycles. The van der Waals surface area contributed by atoms with Gasteiger partial charge in [-0.05, 0) is 18.1 Å². The highest BCUT2D eigenvalue weighted by atomic mass is 35.5. The second-order valence-corrected chi connectivity index (χ2v) is 5.79. The van der Waals surface area contributed by atoms with E-state index in [0.29, 0.717) is 22.2 Å². The van der Waals surface area contributed by atoms with Crippen molar-refractivity contribution in [3.8, 4) is 22.8 Å². The first-order chi connectivity index (χ1) is 10.8. The van der Waals surface area contributed by atoms with Crippen molar-refractivity contribution in [2.45, 2.75) is 19.8 Å². The summed E-state index contributed by atoms with van der Waals surface area (Å²) in [6.07, 6.45) is 0. The molecule has 0 saturated heterocycles. The third-order valence-electron chi connectivity index (χ3n) is 3.59. The fraction of sp³-hybridized carbons (Fsp3) is 0.375. The van der Waals surface area contributed by atoms with Crippen LogP contribution in [0.3, 0.4) is 0 Å². The molecule has 0 aliphatic heterocycles. The van der Waals surface area contributed by atoms with Crippen LogP contribution < -0.4 is 9.47 Å². The van der Waals surface area contributed by atoms with E-state index in [-0.39, 0.29) is 11.6 Å². The lowest BCUT2D eigenvalue weighted by molar-refractivity contribution is 0.0689. The average molecular weight is 339 g/mol. The lowest BCUT2D eigenvalue weighted by atomic mass is 9.93. The van der Waals surface area contributed by atoms with Crippen LogP contribution in [0.25, 0.3) is 11.3 Å². The molecule has 2 aromatic rings. The molecule has 7 heteroatoms. The molecular formula is C16H19ClN2O4. The highest BCUT2D eigenvalue weighted by Crippen LogP contribution is 2.46. The van der Waals surface area contributed by atoms with Crippen LogP contribution in [0, 0.1) is 0 Å². The number of aryl methyl sites for hydroxylation is 1. The van der Waals surface area contributed by atoms with Gasteiger partial charge in [0.15, 0.2) is 17.2 Å². The van der Waals surface area contributed by atoms with Crippen LogP contribution in [0.5, 0.6) is 11.5 Å². The molecule has 2 rings (SSSR count). The SMILES string of the molecule is COc1c(Cl)cc(-c2cc(C(=O)O)nn2C)c(C(C)C)c1OC. The fourth-order valence-corrected chi connectivity index (χ4v) is 2.90. The minimum Gasteiger partial charge on any atom is -0.492 e. The zero-order valence-corrected chi connectivity index (χ0v) is 14.4. The van der Waals surface area contributed by atoms with E-state index < -0.39 is 5.97 Å². The van der Waals surface area contributed by atoms with Crippen molar-refractivity contribution in [1.29, 1.82) is 0 Å². The predicted molar refractivity (Wildman–Crippen MR) is 87.8 cm³/mol. The molecule has 0 radical (unpaired) electrons. The second-order valence-electron chi connectivity index (χ2n) is 5.38. The molecule has 1 N–H and O–H groups in total. The largest absolute Gasteiger partial charge is 0.492 e. The van der Waals surface area contributed by atoms with Crippen molar-refractivity contribution in [2.24, 2.45) is 7.05 Å². The summed E-state index contributed by atoms with van der Waals surface area (Å²) >= 11 is 6.31. The summed E-state index contributed by atoms with van der Waals surface area (Å²) in [5, 5.41) is 13.5. The standard InChI is InChI=1S/C16H19ClN2O4/c1-8(2)13-9(6-10(17)14(22-4)15(13)23-5)12-7-11(16(20)21)18-19(12)3/h6-8H,1-5H3,(H,20,21). The third-order valence-corrected chi connectivity index (χ3v) is 3.87. The molecule has 0 bridgehead atoms. The molecule has 0 spiro atoms. The van der Waals surface area contributed by atoms with Crippen LogP contribution >= 0.6 is 11.6 Å². The molecule has 124 valence electrons. The van der Waals surface area contributed by atoms with Crippen molar-refractivity contribution in [3.05, 3.63) is 28.4 Å². The molecule has 6 nitrogen and oxygen atoms in total. The number of carboxylic acids is 1. The summed E-state index contributed by atoms with van der Waals surface area (Å²) in [4.78, 5) is 11.2. The highest BCUT2D eigenvalue weighted by molar-refractivity contribution is 6.32. The van der Waals surface area contributed by atoms with Gasteiger partial charge in [-0.2, -0.15) is 5.10 Å². The number of aromatic nitrogens is 2. The number of carbonyl (C=O) groups is 1. The first-order valence-electron chi connectivity index (χ1n) is 7.03. The first-order valence-corrected chi connectivity index (χ1v) is 7.41. The Hall–Kier alpha value is -2.21. The summed E-state index contributed by atoms with van der Waals surface area (Å²) in [5.41, 5.74) is 2.27. The van der Waals surface area contributed by atoms with E-state index in [1.54, 1.807) is 20.2 Å². The zero-order valence-electron chi connectivity index (χ0n) is 13.7. The van der Waals surface area contributed by atoms with Gasteiger partial charge in [-0.15, -0.1) is 0 Å². The quantitative estimate of drug-likeness (QED) is 0.902. The Kier molecular flexibility index (Phi) is 4.85. The Bertz CT molecular complexity index is 753. The lowest BCUT2D eigenvalue weighted by Crippen LogP contribution is -2.04. The lowest BCUT2D eigenvalue weighted by Gasteiger charge is -2.20. The van der Waals surface area contributed by atoms with Gasteiger partial charge in [-0.25, -0.2) is 4.79 Å². The van der Waals surface area contributed by atoms with Crippen molar-refractivity contribution >= 4 is 17.6 Å². The maximum atomic E-state index is 11.2. The fourth-order valence-electron chi connectivity index (χ4n) is 2.62. The van der Waals surface area contributed by atoms with Crippen molar-refractivity contribution in [2.75, 3.05) is 14.2 Å². The molecule has 0 fully saturated rings. The summed E-state index contributed by atoms with van der Waals surface area (Å²) in [7, 11) is 4.77. The minimum absolute atomic E-state index is 0.0249. The minimum atomic E-state index is -1.08. The van der Waals surface area contributed by atoms with Gasteiger partial charge in [0.05, 0.1) is 24.9 Å². The van der Waals surface area contributed by atoms with E-state index in [0.717, 1.165) is 11.1 Å². The summed E-state index contributed by atoms with van der Waals surface area (Å²) < 4.78 is 12.4. The van der Waals surface area contributed by atoms with Crippen LogP contribution in [-0.4, -0.2) is 35.1 Å². The Morgan fingerprint density at radius 3 is 2.30 bits per heavy atom. The maximum Gasteiger partial charge on any atom is 0.356 e. The number of hydrogen-bond donors (Lipinski definition) is 1. The molecule has 0 aliphatic carbocycles. The van der Waals surface area contributed by atoms with Gasteiger partial charge < -0.3 is 14.6 Å². The molecule has 23 heavy (non-hydrogen) atoms. The van der Waals surface area contributed by atoms with Gasteiger partial charge in [-0.1, -0.05) is 25.4 Å². The predicted octanol–water partition coefficient (Wildman–Crippen LogP) is 3.58. The molecule has 0 atom stereocenters. The van der Waals surface area contributed by atoms with E-state index >= 15 is 0 Å². The van der Waals surface area contributed by atoms with E-state index in [1.807, 2.05) is 13.8 Å². The van der Waals surface area contributed by atoms with Gasteiger partial charge >= 0.3 is 5.97 Å². The normalized spacial score (nSPS) is 10.9. The molecule has 1 aromatic heterocycles. The third kappa shape index (κ3) is 2.99. The van der Waals surface area contributed by atoms with Crippen molar-refractivity contribution in [1.82, 2.24) is 9.78 Å². The number of methoxy groups -OCH3 is 2.